The van der Waals surface area contributed by atoms with Gasteiger partial charge in [0.2, 0.25) is 0 Å². The SMILES string of the molecule is CS(=O)(=O)C(c1cc(F)cc(F)c1)C1(NCCN2CCCC2)CN(C(c2ccc(Cl)cc2)c2ccc(Cl)cc2)C1. The molecule has 0 amide bonds. The Bertz CT molecular complexity index is 1360. The van der Waals surface area contributed by atoms with E-state index in [4.69, 9.17) is 23.2 Å². The maximum absolute atomic E-state index is 14.4. The van der Waals surface area contributed by atoms with Gasteiger partial charge >= 0.3 is 0 Å². The van der Waals surface area contributed by atoms with Crippen LogP contribution in [0.15, 0.2) is 66.7 Å². The monoisotopic (exact) mass is 607 g/mol. The first-order valence-electron chi connectivity index (χ1n) is 13.4. The van der Waals surface area contributed by atoms with Crippen molar-refractivity contribution in [2.45, 2.75) is 29.7 Å². The second-order valence-corrected chi connectivity index (χ2v) is 14.0. The predicted molar refractivity (Wildman–Crippen MR) is 157 cm³/mol. The van der Waals surface area contributed by atoms with Gasteiger partial charge in [0, 0.05) is 48.5 Å². The first-order chi connectivity index (χ1) is 19.0. The van der Waals surface area contributed by atoms with E-state index < -0.39 is 32.3 Å². The zero-order chi connectivity index (χ0) is 28.5. The van der Waals surface area contributed by atoms with E-state index in [1.165, 1.54) is 0 Å². The molecule has 0 radical (unpaired) electrons. The molecule has 2 aliphatic rings. The van der Waals surface area contributed by atoms with Gasteiger partial charge in [-0.2, -0.15) is 0 Å². The first kappa shape index (κ1) is 29.4. The second kappa shape index (κ2) is 12.0. The Hall–Kier alpha value is -2.07. The molecular weight excluding hydrogens is 575 g/mol. The smallest absolute Gasteiger partial charge is 0.156 e. The molecule has 3 aromatic rings. The molecule has 5 rings (SSSR count). The summed E-state index contributed by atoms with van der Waals surface area (Å²) >= 11 is 12.4. The number of rotatable bonds is 10. The van der Waals surface area contributed by atoms with Gasteiger partial charge in [0.05, 0.1) is 11.6 Å². The summed E-state index contributed by atoms with van der Waals surface area (Å²) < 4.78 is 55.4. The summed E-state index contributed by atoms with van der Waals surface area (Å²) in [5.74, 6) is -1.60. The molecule has 10 heteroatoms. The van der Waals surface area contributed by atoms with E-state index in [1.807, 2.05) is 48.5 Å². The second-order valence-electron chi connectivity index (χ2n) is 11.0. The normalized spacial score (nSPS) is 18.6. The lowest BCUT2D eigenvalue weighted by molar-refractivity contribution is 0.0122. The molecule has 2 heterocycles. The molecule has 2 aliphatic heterocycles. The van der Waals surface area contributed by atoms with Crippen LogP contribution in [0.5, 0.6) is 0 Å². The van der Waals surface area contributed by atoms with Crippen molar-refractivity contribution in [2.24, 2.45) is 0 Å². The van der Waals surface area contributed by atoms with Crippen molar-refractivity contribution in [1.82, 2.24) is 15.1 Å². The fourth-order valence-corrected chi connectivity index (χ4v) is 8.24. The van der Waals surface area contributed by atoms with Gasteiger partial charge in [-0.05, 0) is 79.0 Å². The van der Waals surface area contributed by atoms with Gasteiger partial charge in [0.1, 0.15) is 16.9 Å². The van der Waals surface area contributed by atoms with E-state index in [9.17, 15) is 17.2 Å². The van der Waals surface area contributed by atoms with Gasteiger partial charge in [0.15, 0.2) is 9.84 Å². The van der Waals surface area contributed by atoms with Crippen molar-refractivity contribution in [2.75, 3.05) is 45.5 Å². The number of benzene rings is 3. The Labute approximate surface area is 245 Å². The highest BCUT2D eigenvalue weighted by molar-refractivity contribution is 7.91. The Morgan fingerprint density at radius 3 is 1.82 bits per heavy atom. The third-order valence-corrected chi connectivity index (χ3v) is 10.0. The van der Waals surface area contributed by atoms with Gasteiger partial charge in [-0.1, -0.05) is 47.5 Å². The molecule has 0 spiro atoms. The lowest BCUT2D eigenvalue weighted by Gasteiger charge is -2.57. The minimum atomic E-state index is -3.78. The number of hydrogen-bond acceptors (Lipinski definition) is 5. The number of likely N-dealkylation sites (tertiary alicyclic amines) is 2. The number of hydrogen-bond donors (Lipinski definition) is 1. The zero-order valence-electron chi connectivity index (χ0n) is 22.3. The maximum Gasteiger partial charge on any atom is 0.156 e. The van der Waals surface area contributed by atoms with Crippen LogP contribution in [0, 0.1) is 11.6 Å². The summed E-state index contributed by atoms with van der Waals surface area (Å²) in [5.41, 5.74) is 1.14. The van der Waals surface area contributed by atoms with Gasteiger partial charge < -0.3 is 10.2 Å². The lowest BCUT2D eigenvalue weighted by atomic mass is 9.79. The van der Waals surface area contributed by atoms with E-state index in [1.54, 1.807) is 0 Å². The first-order valence-corrected chi connectivity index (χ1v) is 16.1. The largest absolute Gasteiger partial charge is 0.306 e. The average Bonchev–Trinajstić information content (AvgIpc) is 3.37. The molecule has 3 aromatic carbocycles. The molecule has 0 bridgehead atoms. The Kier molecular flexibility index (Phi) is 8.86. The van der Waals surface area contributed by atoms with Crippen LogP contribution in [0.4, 0.5) is 8.78 Å². The summed E-state index contributed by atoms with van der Waals surface area (Å²) in [5, 5.41) is 3.65. The molecule has 40 heavy (non-hydrogen) atoms. The molecule has 0 saturated carbocycles. The molecule has 2 fully saturated rings. The summed E-state index contributed by atoms with van der Waals surface area (Å²) in [6.07, 6.45) is 3.44. The Morgan fingerprint density at radius 2 is 1.35 bits per heavy atom. The summed E-state index contributed by atoms with van der Waals surface area (Å²) in [7, 11) is -3.78. The highest BCUT2D eigenvalue weighted by Gasteiger charge is 2.55. The quantitative estimate of drug-likeness (QED) is 0.312. The van der Waals surface area contributed by atoms with Crippen molar-refractivity contribution < 1.29 is 17.2 Å². The lowest BCUT2D eigenvalue weighted by Crippen LogP contribution is -2.73. The molecule has 5 nitrogen and oxygen atoms in total. The molecule has 2 saturated heterocycles. The molecule has 214 valence electrons. The van der Waals surface area contributed by atoms with Crippen molar-refractivity contribution in [1.29, 1.82) is 0 Å². The molecule has 1 N–H and O–H groups in total. The third kappa shape index (κ3) is 6.53. The highest BCUT2D eigenvalue weighted by atomic mass is 35.5. The summed E-state index contributed by atoms with van der Waals surface area (Å²) in [6.45, 7) is 4.05. The van der Waals surface area contributed by atoms with Crippen LogP contribution in [0.1, 0.15) is 40.8 Å². The van der Waals surface area contributed by atoms with Crippen LogP contribution in [-0.4, -0.2) is 69.3 Å². The Morgan fingerprint density at radius 1 is 0.850 bits per heavy atom. The van der Waals surface area contributed by atoms with Crippen LogP contribution in [-0.2, 0) is 9.84 Å². The zero-order valence-corrected chi connectivity index (χ0v) is 24.6. The molecule has 1 atom stereocenters. The minimum Gasteiger partial charge on any atom is -0.306 e. The van der Waals surface area contributed by atoms with Gasteiger partial charge in [-0.25, -0.2) is 17.2 Å². The van der Waals surface area contributed by atoms with E-state index in [0.717, 1.165) is 68.1 Å². The Balaban J connectivity index is 1.51. The number of halogens is 4. The van der Waals surface area contributed by atoms with E-state index in [-0.39, 0.29) is 11.6 Å². The minimum absolute atomic E-state index is 0.114. The molecule has 0 aliphatic carbocycles. The maximum atomic E-state index is 14.4. The van der Waals surface area contributed by atoms with Gasteiger partial charge in [0.25, 0.3) is 0 Å². The molecule has 1 unspecified atom stereocenters. The predicted octanol–water partition coefficient (Wildman–Crippen LogP) is 5.89. The average molecular weight is 609 g/mol. The fourth-order valence-electron chi connectivity index (χ4n) is 6.31. The summed E-state index contributed by atoms with van der Waals surface area (Å²) in [4.78, 5) is 4.53. The van der Waals surface area contributed by atoms with Crippen molar-refractivity contribution >= 4 is 33.0 Å². The third-order valence-electron chi connectivity index (χ3n) is 7.93. The van der Waals surface area contributed by atoms with Gasteiger partial charge in [-0.15, -0.1) is 0 Å². The summed E-state index contributed by atoms with van der Waals surface area (Å²) in [6, 6.07) is 18.0. The van der Waals surface area contributed by atoms with Crippen molar-refractivity contribution in [3.8, 4) is 0 Å². The van der Waals surface area contributed by atoms with E-state index in [0.29, 0.717) is 29.7 Å². The molecule has 0 aromatic heterocycles. The van der Waals surface area contributed by atoms with Gasteiger partial charge in [-0.3, -0.25) is 4.90 Å². The standard InChI is InChI=1S/C30H33Cl2F2N3O2S/c1-40(38,39)29(23-16-26(33)18-27(34)17-23)30(35-12-15-36-13-2-3-14-36)19-37(20-30)28(21-4-8-24(31)9-5-21)22-6-10-25(32)11-7-22/h4-11,16-18,28-29,35H,2-3,12-15,19-20H2,1H3. The fraction of sp³-hybridized carbons (Fsp3) is 0.400. The number of sulfone groups is 1. The number of nitrogens with one attached hydrogen (secondary N) is 1. The highest BCUT2D eigenvalue weighted by Crippen LogP contribution is 2.45. The van der Waals surface area contributed by atoms with Crippen LogP contribution in [0.3, 0.4) is 0 Å². The van der Waals surface area contributed by atoms with Crippen LogP contribution < -0.4 is 5.32 Å². The topological polar surface area (TPSA) is 52.7 Å². The van der Waals surface area contributed by atoms with Crippen molar-refractivity contribution in [3.63, 3.8) is 0 Å². The molecular formula is C30H33Cl2F2N3O2S. The van der Waals surface area contributed by atoms with E-state index >= 15 is 0 Å². The van der Waals surface area contributed by atoms with E-state index in [2.05, 4.69) is 15.1 Å². The van der Waals surface area contributed by atoms with Crippen LogP contribution >= 0.6 is 23.2 Å². The van der Waals surface area contributed by atoms with Crippen molar-refractivity contribution in [3.05, 3.63) is 105 Å². The number of nitrogens with zero attached hydrogens (tertiary/aromatic N) is 2. The van der Waals surface area contributed by atoms with Crippen LogP contribution in [0.25, 0.3) is 0 Å². The van der Waals surface area contributed by atoms with Crippen LogP contribution in [0.2, 0.25) is 10.0 Å².